The highest BCUT2D eigenvalue weighted by Crippen LogP contribution is 2.22. The molecule has 0 spiro atoms. The lowest BCUT2D eigenvalue weighted by Gasteiger charge is -2.09. The molecule has 0 aliphatic carbocycles. The van der Waals surface area contributed by atoms with Crippen molar-refractivity contribution in [1.82, 2.24) is 14.5 Å². The predicted molar refractivity (Wildman–Crippen MR) is 83.5 cm³/mol. The first kappa shape index (κ1) is 14.2. The van der Waals surface area contributed by atoms with E-state index in [1.165, 1.54) is 27.2 Å². The second kappa shape index (κ2) is 5.96. The van der Waals surface area contributed by atoms with Crippen molar-refractivity contribution in [2.45, 2.75) is 11.7 Å². The molecule has 21 heavy (non-hydrogen) atoms. The van der Waals surface area contributed by atoms with Crippen LogP contribution in [0.4, 0.5) is 0 Å². The van der Waals surface area contributed by atoms with Gasteiger partial charge in [0.15, 0.2) is 5.16 Å². The van der Waals surface area contributed by atoms with E-state index in [4.69, 9.17) is 5.11 Å². The van der Waals surface area contributed by atoms with Crippen LogP contribution in [0, 0.1) is 0 Å². The summed E-state index contributed by atoms with van der Waals surface area (Å²) in [5.74, 6) is -1.07. The van der Waals surface area contributed by atoms with Crippen molar-refractivity contribution >= 4 is 50.6 Å². The number of hydrogen-bond donors (Lipinski definition) is 1. The van der Waals surface area contributed by atoms with Crippen LogP contribution in [0.25, 0.3) is 10.2 Å². The van der Waals surface area contributed by atoms with Crippen LogP contribution in [0.1, 0.15) is 4.88 Å². The SMILES string of the molecule is O=C(O)CSc1nc2ccsc2c(=O)n1Cc1cncs1. The minimum atomic E-state index is -0.941. The standard InChI is InChI=1S/C12H9N3O3S3/c16-9(17)5-20-12-14-8-1-2-19-10(8)11(18)15(12)4-7-3-13-6-21-7/h1-3,6H,4-5H2,(H,16,17). The summed E-state index contributed by atoms with van der Waals surface area (Å²) in [5, 5.41) is 11.0. The van der Waals surface area contributed by atoms with Crippen molar-refractivity contribution in [2.24, 2.45) is 0 Å². The number of thioether (sulfide) groups is 1. The van der Waals surface area contributed by atoms with E-state index in [0.717, 1.165) is 16.6 Å². The summed E-state index contributed by atoms with van der Waals surface area (Å²) in [4.78, 5) is 32.6. The zero-order valence-corrected chi connectivity index (χ0v) is 13.0. The summed E-state index contributed by atoms with van der Waals surface area (Å²) in [6, 6.07) is 1.77. The Hall–Kier alpha value is -1.71. The molecule has 0 aliphatic heterocycles. The van der Waals surface area contributed by atoms with Gasteiger partial charge in [0.1, 0.15) is 4.70 Å². The Morgan fingerprint density at radius 3 is 3.00 bits per heavy atom. The average molecular weight is 339 g/mol. The molecule has 1 N–H and O–H groups in total. The Balaban J connectivity index is 2.08. The summed E-state index contributed by atoms with van der Waals surface area (Å²) in [7, 11) is 0. The molecule has 3 aromatic rings. The molecule has 0 saturated carbocycles. The van der Waals surface area contributed by atoms with Crippen molar-refractivity contribution in [3.8, 4) is 0 Å². The number of hydrogen-bond acceptors (Lipinski definition) is 7. The molecule has 0 aliphatic rings. The molecule has 108 valence electrons. The Morgan fingerprint density at radius 1 is 1.43 bits per heavy atom. The van der Waals surface area contributed by atoms with Crippen molar-refractivity contribution < 1.29 is 9.90 Å². The Bertz CT molecular complexity index is 838. The second-order valence-electron chi connectivity index (χ2n) is 4.07. The monoisotopic (exact) mass is 339 g/mol. The average Bonchev–Trinajstić information content (AvgIpc) is 3.11. The van der Waals surface area contributed by atoms with Gasteiger partial charge in [-0.3, -0.25) is 19.1 Å². The van der Waals surface area contributed by atoms with Gasteiger partial charge >= 0.3 is 5.97 Å². The maximum atomic E-state index is 12.5. The van der Waals surface area contributed by atoms with Crippen molar-refractivity contribution in [3.63, 3.8) is 0 Å². The van der Waals surface area contributed by atoms with E-state index in [0.29, 0.717) is 21.9 Å². The molecule has 6 nitrogen and oxygen atoms in total. The molecule has 0 radical (unpaired) electrons. The number of nitrogens with zero attached hydrogens (tertiary/aromatic N) is 3. The van der Waals surface area contributed by atoms with Crippen molar-refractivity contribution in [2.75, 3.05) is 5.75 Å². The van der Waals surface area contributed by atoms with Crippen LogP contribution in [0.15, 0.2) is 33.1 Å². The molecule has 0 bridgehead atoms. The van der Waals surface area contributed by atoms with E-state index >= 15 is 0 Å². The summed E-state index contributed by atoms with van der Waals surface area (Å²) in [5.41, 5.74) is 2.16. The highest BCUT2D eigenvalue weighted by molar-refractivity contribution is 7.99. The second-order valence-corrected chi connectivity index (χ2v) is 6.90. The zero-order chi connectivity index (χ0) is 14.8. The number of carbonyl (C=O) groups is 1. The third-order valence-electron chi connectivity index (χ3n) is 2.65. The van der Waals surface area contributed by atoms with Gasteiger partial charge < -0.3 is 5.11 Å². The number of aliphatic carboxylic acids is 1. The van der Waals surface area contributed by atoms with Gasteiger partial charge in [-0.15, -0.1) is 22.7 Å². The summed E-state index contributed by atoms with van der Waals surface area (Å²) >= 11 is 3.84. The first-order valence-electron chi connectivity index (χ1n) is 5.85. The third-order valence-corrected chi connectivity index (χ3v) is 5.27. The van der Waals surface area contributed by atoms with E-state index in [2.05, 4.69) is 9.97 Å². The third kappa shape index (κ3) is 2.99. The maximum absolute atomic E-state index is 12.5. The predicted octanol–water partition coefficient (Wildman–Crippen LogP) is 2.14. The summed E-state index contributed by atoms with van der Waals surface area (Å²) in [6.45, 7) is 0.353. The van der Waals surface area contributed by atoms with E-state index in [9.17, 15) is 9.59 Å². The normalized spacial score (nSPS) is 11.0. The van der Waals surface area contributed by atoms with Gasteiger partial charge in [0.2, 0.25) is 0 Å². The first-order valence-corrected chi connectivity index (χ1v) is 8.59. The molecule has 3 heterocycles. The van der Waals surface area contributed by atoms with Crippen molar-refractivity contribution in [3.05, 3.63) is 38.4 Å². The Morgan fingerprint density at radius 2 is 2.29 bits per heavy atom. The highest BCUT2D eigenvalue weighted by Gasteiger charge is 2.14. The first-order chi connectivity index (χ1) is 10.1. The van der Waals surface area contributed by atoms with Gasteiger partial charge in [0.25, 0.3) is 5.56 Å². The van der Waals surface area contributed by atoms with E-state index < -0.39 is 5.97 Å². The smallest absolute Gasteiger partial charge is 0.313 e. The molecular formula is C12H9N3O3S3. The largest absolute Gasteiger partial charge is 0.481 e. The zero-order valence-electron chi connectivity index (χ0n) is 10.6. The van der Waals surface area contributed by atoms with Gasteiger partial charge in [-0.05, 0) is 11.4 Å². The number of aromatic nitrogens is 3. The molecule has 9 heteroatoms. The molecule has 0 unspecified atom stereocenters. The van der Waals surface area contributed by atoms with Gasteiger partial charge in [0, 0.05) is 11.1 Å². The minimum Gasteiger partial charge on any atom is -0.481 e. The number of carboxylic acid groups (broad SMARTS) is 1. The Labute approximate surface area is 131 Å². The molecule has 0 atom stereocenters. The van der Waals surface area contributed by atoms with Crippen LogP contribution < -0.4 is 5.56 Å². The number of rotatable bonds is 5. The number of thiazole rings is 1. The minimum absolute atomic E-state index is 0.134. The highest BCUT2D eigenvalue weighted by atomic mass is 32.2. The Kier molecular flexibility index (Phi) is 4.04. The number of fused-ring (bicyclic) bond motifs is 1. The maximum Gasteiger partial charge on any atom is 0.313 e. The summed E-state index contributed by atoms with van der Waals surface area (Å²) in [6.07, 6.45) is 1.70. The van der Waals surface area contributed by atoms with E-state index in [1.807, 2.05) is 5.38 Å². The van der Waals surface area contributed by atoms with Crippen LogP contribution in [-0.4, -0.2) is 31.4 Å². The fourth-order valence-corrected chi connectivity index (χ4v) is 3.86. The number of carboxylic acids is 1. The molecule has 0 fully saturated rings. The lowest BCUT2D eigenvalue weighted by Crippen LogP contribution is -2.23. The lowest BCUT2D eigenvalue weighted by molar-refractivity contribution is -0.133. The molecule has 3 rings (SSSR count). The van der Waals surface area contributed by atoms with Crippen LogP contribution in [-0.2, 0) is 11.3 Å². The molecular weight excluding hydrogens is 330 g/mol. The fraction of sp³-hybridized carbons (Fsp3) is 0.167. The molecule has 0 amide bonds. The molecule has 3 aromatic heterocycles. The van der Waals surface area contributed by atoms with Gasteiger partial charge in [-0.1, -0.05) is 11.8 Å². The summed E-state index contributed by atoms with van der Waals surface area (Å²) < 4.78 is 2.10. The van der Waals surface area contributed by atoms with Gasteiger partial charge in [-0.25, -0.2) is 4.98 Å². The quantitative estimate of drug-likeness (QED) is 0.566. The van der Waals surface area contributed by atoms with Crippen LogP contribution in [0.3, 0.4) is 0 Å². The topological polar surface area (TPSA) is 85.1 Å². The van der Waals surface area contributed by atoms with Gasteiger partial charge in [-0.2, -0.15) is 0 Å². The van der Waals surface area contributed by atoms with Gasteiger partial charge in [0.05, 0.1) is 23.3 Å². The van der Waals surface area contributed by atoms with E-state index in [1.54, 1.807) is 17.8 Å². The van der Waals surface area contributed by atoms with Crippen LogP contribution in [0.2, 0.25) is 0 Å². The van der Waals surface area contributed by atoms with Crippen LogP contribution >= 0.6 is 34.4 Å². The lowest BCUT2D eigenvalue weighted by atomic mass is 10.4. The van der Waals surface area contributed by atoms with Crippen LogP contribution in [0.5, 0.6) is 0 Å². The molecule has 0 saturated heterocycles. The molecule has 0 aromatic carbocycles. The van der Waals surface area contributed by atoms with E-state index in [-0.39, 0.29) is 11.3 Å². The number of thiophene rings is 1. The van der Waals surface area contributed by atoms with Crippen molar-refractivity contribution in [1.29, 1.82) is 0 Å². The fourth-order valence-electron chi connectivity index (χ4n) is 1.78.